The van der Waals surface area contributed by atoms with Gasteiger partial charge in [0.2, 0.25) is 0 Å². The molecule has 2 heterocycles. The predicted octanol–water partition coefficient (Wildman–Crippen LogP) is 3.69. The van der Waals surface area contributed by atoms with Crippen LogP contribution in [-0.2, 0) is 22.6 Å². The van der Waals surface area contributed by atoms with Crippen LogP contribution in [0.25, 0.3) is 0 Å². The molecule has 0 aliphatic heterocycles. The minimum atomic E-state index is -1.06. The number of unbranched alkanes of at least 4 members (excludes halogenated alkanes) is 1. The lowest BCUT2D eigenvalue weighted by atomic mass is 10.1. The van der Waals surface area contributed by atoms with Gasteiger partial charge in [0.1, 0.15) is 16.7 Å². The molecule has 0 saturated carbocycles. The maximum absolute atomic E-state index is 11.9. The highest BCUT2D eigenvalue weighted by Crippen LogP contribution is 2.13. The van der Waals surface area contributed by atoms with E-state index in [1.165, 1.54) is 0 Å². The van der Waals surface area contributed by atoms with E-state index in [0.717, 1.165) is 23.7 Å². The van der Waals surface area contributed by atoms with Crippen LogP contribution >= 0.6 is 11.3 Å². The predicted molar refractivity (Wildman–Crippen MR) is 115 cm³/mol. The Balaban J connectivity index is 1.84. The van der Waals surface area contributed by atoms with Crippen molar-refractivity contribution < 1.29 is 19.4 Å². The van der Waals surface area contributed by atoms with Crippen molar-refractivity contribution in [1.29, 1.82) is 0 Å². The van der Waals surface area contributed by atoms with Crippen molar-refractivity contribution in [2.24, 2.45) is 0 Å². The monoisotopic (exact) mass is 434 g/mol. The number of carboxylic acids is 1. The Kier molecular flexibility index (Phi) is 9.19. The second-order valence-corrected chi connectivity index (χ2v) is 8.97. The molecular weight excluding hydrogens is 404 g/mol. The molecule has 2 aromatic heterocycles. The van der Waals surface area contributed by atoms with Crippen LogP contribution in [0, 0.1) is 0 Å². The molecule has 0 unspecified atom stereocenters. The largest absolute Gasteiger partial charge is 0.480 e. The molecule has 0 spiro atoms. The lowest BCUT2D eigenvalue weighted by Gasteiger charge is -2.23. The first-order valence-electron chi connectivity index (χ1n) is 9.96. The number of carbonyl (C=O) groups is 2. The lowest BCUT2D eigenvalue weighted by Crippen LogP contribution is -2.43. The molecule has 164 valence electrons. The Morgan fingerprint density at radius 2 is 2.00 bits per heavy atom. The summed E-state index contributed by atoms with van der Waals surface area (Å²) >= 11 is 1.61. The fraction of sp³-hybridized carbons (Fsp3) is 0.524. The van der Waals surface area contributed by atoms with Crippen LogP contribution in [0.4, 0.5) is 4.79 Å². The zero-order chi connectivity index (χ0) is 22.0. The minimum absolute atomic E-state index is 0.337. The average molecular weight is 435 g/mol. The summed E-state index contributed by atoms with van der Waals surface area (Å²) in [5.74, 6) is -1.06. The van der Waals surface area contributed by atoms with Gasteiger partial charge in [0.25, 0.3) is 0 Å². The highest BCUT2D eigenvalue weighted by Gasteiger charge is 2.23. The average Bonchev–Trinajstić information content (AvgIpc) is 3.16. The van der Waals surface area contributed by atoms with Crippen LogP contribution < -0.4 is 5.32 Å². The zero-order valence-corrected chi connectivity index (χ0v) is 18.5. The first kappa shape index (κ1) is 23.8. The van der Waals surface area contributed by atoms with Crippen LogP contribution in [0.15, 0.2) is 36.0 Å². The third-order valence-corrected chi connectivity index (χ3v) is 4.92. The van der Waals surface area contributed by atoms with E-state index in [1.807, 2.05) is 23.6 Å². The van der Waals surface area contributed by atoms with Crippen LogP contribution in [0.2, 0.25) is 0 Å². The minimum Gasteiger partial charge on any atom is -0.480 e. The van der Waals surface area contributed by atoms with E-state index in [9.17, 15) is 14.7 Å². The molecule has 0 radical (unpaired) electrons. The van der Waals surface area contributed by atoms with Crippen molar-refractivity contribution in [1.82, 2.24) is 20.2 Å². The zero-order valence-electron chi connectivity index (χ0n) is 17.7. The molecule has 0 fully saturated rings. The molecule has 0 saturated heterocycles. The smallest absolute Gasteiger partial charge is 0.408 e. The first-order chi connectivity index (χ1) is 14.2. The molecule has 0 bridgehead atoms. The van der Waals surface area contributed by atoms with Gasteiger partial charge in [0.05, 0.1) is 12.2 Å². The summed E-state index contributed by atoms with van der Waals surface area (Å²) in [5, 5.41) is 14.8. The van der Waals surface area contributed by atoms with Gasteiger partial charge in [-0.2, -0.15) is 0 Å². The molecule has 0 aromatic carbocycles. The maximum atomic E-state index is 11.9. The molecule has 30 heavy (non-hydrogen) atoms. The molecule has 1 amide bonds. The fourth-order valence-electron chi connectivity index (χ4n) is 2.85. The molecule has 8 nitrogen and oxygen atoms in total. The van der Waals surface area contributed by atoms with Crippen LogP contribution in [0.5, 0.6) is 0 Å². The molecule has 2 N–H and O–H groups in total. The van der Waals surface area contributed by atoms with E-state index in [4.69, 9.17) is 4.74 Å². The van der Waals surface area contributed by atoms with Gasteiger partial charge in [-0.1, -0.05) is 6.07 Å². The number of rotatable bonds is 11. The van der Waals surface area contributed by atoms with Crippen LogP contribution in [0.3, 0.4) is 0 Å². The number of hydrogen-bond donors (Lipinski definition) is 2. The number of aromatic nitrogens is 2. The lowest BCUT2D eigenvalue weighted by molar-refractivity contribution is -0.139. The van der Waals surface area contributed by atoms with Gasteiger partial charge < -0.3 is 15.2 Å². The Hall–Kier alpha value is -2.52. The van der Waals surface area contributed by atoms with Crippen molar-refractivity contribution in [2.75, 3.05) is 6.54 Å². The van der Waals surface area contributed by atoms with Crippen molar-refractivity contribution in [3.63, 3.8) is 0 Å². The van der Waals surface area contributed by atoms with Gasteiger partial charge in [-0.25, -0.2) is 14.6 Å². The van der Waals surface area contributed by atoms with Crippen molar-refractivity contribution in [2.45, 2.75) is 64.8 Å². The van der Waals surface area contributed by atoms with Gasteiger partial charge in [-0.3, -0.25) is 9.88 Å². The second-order valence-electron chi connectivity index (χ2n) is 7.99. The second kappa shape index (κ2) is 11.6. The molecule has 0 aliphatic rings. The van der Waals surface area contributed by atoms with Gasteiger partial charge >= 0.3 is 12.1 Å². The fourth-order valence-corrected chi connectivity index (χ4v) is 3.51. The summed E-state index contributed by atoms with van der Waals surface area (Å²) in [6, 6.07) is 4.87. The number of aliphatic carboxylic acids is 1. The molecule has 2 aromatic rings. The normalized spacial score (nSPS) is 12.5. The molecule has 9 heteroatoms. The van der Waals surface area contributed by atoms with E-state index < -0.39 is 23.7 Å². The number of alkyl carbamates (subject to hydrolysis) is 1. The number of pyridine rings is 1. The Bertz CT molecular complexity index is 778. The molecule has 1 atom stereocenters. The SMILES string of the molecule is CC(C)(C)OC(=O)N[C@H](CCCCN(Cc1ccccn1)Cc1nccs1)C(=O)O. The summed E-state index contributed by atoms with van der Waals surface area (Å²) in [4.78, 5) is 34.4. The molecule has 2 rings (SSSR count). The number of nitrogens with one attached hydrogen (secondary N) is 1. The molecular formula is C21H30N4O4S. The van der Waals surface area contributed by atoms with Crippen molar-refractivity contribution in [3.05, 3.63) is 46.7 Å². The summed E-state index contributed by atoms with van der Waals surface area (Å²) < 4.78 is 5.15. The van der Waals surface area contributed by atoms with E-state index >= 15 is 0 Å². The third kappa shape index (κ3) is 9.32. The van der Waals surface area contributed by atoms with Crippen LogP contribution in [0.1, 0.15) is 50.7 Å². The van der Waals surface area contributed by atoms with E-state index in [2.05, 4.69) is 20.2 Å². The Morgan fingerprint density at radius 3 is 2.60 bits per heavy atom. The summed E-state index contributed by atoms with van der Waals surface area (Å²) in [5.41, 5.74) is 0.304. The number of thiazole rings is 1. The number of carboxylic acid groups (broad SMARTS) is 1. The summed E-state index contributed by atoms with van der Waals surface area (Å²) in [7, 11) is 0. The quantitative estimate of drug-likeness (QED) is 0.520. The molecule has 0 aliphatic carbocycles. The van der Waals surface area contributed by atoms with Gasteiger partial charge in [-0.15, -0.1) is 11.3 Å². The Morgan fingerprint density at radius 1 is 1.20 bits per heavy atom. The van der Waals surface area contributed by atoms with Crippen molar-refractivity contribution >= 4 is 23.4 Å². The van der Waals surface area contributed by atoms with Gasteiger partial charge in [0, 0.05) is 24.3 Å². The standard InChI is InChI=1S/C21H30N4O4S/c1-21(2,3)29-20(28)24-17(19(26)27)9-5-7-12-25(15-18-23-11-13-30-18)14-16-8-4-6-10-22-16/h4,6,8,10-11,13,17H,5,7,9,12,14-15H2,1-3H3,(H,24,28)(H,26,27)/t17-/m1/s1. The number of ether oxygens (including phenoxy) is 1. The van der Waals surface area contributed by atoms with Crippen molar-refractivity contribution in [3.8, 4) is 0 Å². The topological polar surface area (TPSA) is 105 Å². The number of amides is 1. The highest BCUT2D eigenvalue weighted by molar-refractivity contribution is 7.09. The first-order valence-corrected chi connectivity index (χ1v) is 10.8. The van der Waals surface area contributed by atoms with Gasteiger partial charge in [0.15, 0.2) is 0 Å². The third-order valence-electron chi connectivity index (χ3n) is 4.16. The maximum Gasteiger partial charge on any atom is 0.408 e. The number of hydrogen-bond acceptors (Lipinski definition) is 7. The Labute approximate surface area is 181 Å². The number of nitrogens with zero attached hydrogens (tertiary/aromatic N) is 3. The summed E-state index contributed by atoms with van der Waals surface area (Å²) in [6.07, 6.45) is 4.63. The van der Waals surface area contributed by atoms with E-state index in [0.29, 0.717) is 25.9 Å². The number of carbonyl (C=O) groups excluding carboxylic acids is 1. The van der Waals surface area contributed by atoms with E-state index in [-0.39, 0.29) is 0 Å². The van der Waals surface area contributed by atoms with E-state index in [1.54, 1.807) is 44.5 Å². The van der Waals surface area contributed by atoms with Gasteiger partial charge in [-0.05, 0) is 58.7 Å². The highest BCUT2D eigenvalue weighted by atomic mass is 32.1. The van der Waals surface area contributed by atoms with Crippen LogP contribution in [-0.4, -0.2) is 50.2 Å². The summed E-state index contributed by atoms with van der Waals surface area (Å²) in [6.45, 7) is 7.39.